The van der Waals surface area contributed by atoms with E-state index in [1.807, 2.05) is 12.2 Å². The number of allylic oxidation sites excluding steroid dienone is 2. The maximum absolute atomic E-state index is 8.77. The molecule has 0 fully saturated rings. The van der Waals surface area contributed by atoms with E-state index in [2.05, 4.69) is 23.2 Å². The number of rotatable bonds is 5. The minimum atomic E-state index is 0.138. The van der Waals surface area contributed by atoms with Crippen molar-refractivity contribution in [3.63, 3.8) is 0 Å². The fourth-order valence-electron chi connectivity index (χ4n) is 1.54. The number of aliphatic hydroxyl groups is 1. The number of hydrogen-bond donors (Lipinski definition) is 2. The second-order valence-electron chi connectivity index (χ2n) is 3.39. The lowest BCUT2D eigenvalue weighted by molar-refractivity contribution is 0.192. The SMILES string of the molecule is CCN(CCCO)C1C=CC(C#N)=CN1. The molecular weight excluding hydrogens is 190 g/mol. The van der Waals surface area contributed by atoms with Crippen LogP contribution in [0.1, 0.15) is 13.3 Å². The van der Waals surface area contributed by atoms with E-state index in [4.69, 9.17) is 10.4 Å². The van der Waals surface area contributed by atoms with Crippen molar-refractivity contribution >= 4 is 0 Å². The molecule has 0 amide bonds. The molecule has 0 aliphatic carbocycles. The van der Waals surface area contributed by atoms with E-state index >= 15 is 0 Å². The van der Waals surface area contributed by atoms with Crippen LogP contribution in [-0.4, -0.2) is 35.9 Å². The maximum Gasteiger partial charge on any atom is 0.101 e. The van der Waals surface area contributed by atoms with E-state index in [1.54, 1.807) is 6.20 Å². The first-order valence-electron chi connectivity index (χ1n) is 5.21. The van der Waals surface area contributed by atoms with Crippen molar-refractivity contribution in [3.8, 4) is 6.07 Å². The minimum Gasteiger partial charge on any atom is -0.396 e. The van der Waals surface area contributed by atoms with E-state index in [-0.39, 0.29) is 12.8 Å². The van der Waals surface area contributed by atoms with Gasteiger partial charge in [-0.1, -0.05) is 6.92 Å². The summed E-state index contributed by atoms with van der Waals surface area (Å²) >= 11 is 0. The summed E-state index contributed by atoms with van der Waals surface area (Å²) in [6.45, 7) is 4.06. The lowest BCUT2D eigenvalue weighted by Crippen LogP contribution is -2.43. The Balaban J connectivity index is 2.48. The van der Waals surface area contributed by atoms with Gasteiger partial charge in [0.1, 0.15) is 6.07 Å². The van der Waals surface area contributed by atoms with E-state index in [9.17, 15) is 0 Å². The van der Waals surface area contributed by atoms with E-state index < -0.39 is 0 Å². The van der Waals surface area contributed by atoms with Crippen molar-refractivity contribution in [2.24, 2.45) is 0 Å². The molecule has 1 unspecified atom stereocenters. The molecule has 0 aromatic rings. The van der Waals surface area contributed by atoms with Crippen molar-refractivity contribution in [1.29, 1.82) is 5.26 Å². The summed E-state index contributed by atoms with van der Waals surface area (Å²) in [4.78, 5) is 2.21. The topological polar surface area (TPSA) is 59.3 Å². The Morgan fingerprint density at radius 3 is 2.93 bits per heavy atom. The average Bonchev–Trinajstić information content (AvgIpc) is 2.31. The van der Waals surface area contributed by atoms with Crippen LogP contribution in [-0.2, 0) is 0 Å². The second kappa shape index (κ2) is 6.23. The molecule has 4 nitrogen and oxygen atoms in total. The van der Waals surface area contributed by atoms with Gasteiger partial charge >= 0.3 is 0 Å². The van der Waals surface area contributed by atoms with Gasteiger partial charge in [-0.25, -0.2) is 0 Å². The van der Waals surface area contributed by atoms with Crippen molar-refractivity contribution in [2.75, 3.05) is 19.7 Å². The van der Waals surface area contributed by atoms with Gasteiger partial charge in [0, 0.05) is 19.4 Å². The molecule has 0 saturated heterocycles. The van der Waals surface area contributed by atoms with Gasteiger partial charge in [-0.15, -0.1) is 0 Å². The Morgan fingerprint density at radius 1 is 1.67 bits per heavy atom. The first kappa shape index (κ1) is 11.8. The fourth-order valence-corrected chi connectivity index (χ4v) is 1.54. The van der Waals surface area contributed by atoms with Gasteiger partial charge < -0.3 is 10.4 Å². The Bertz CT molecular complexity index is 291. The van der Waals surface area contributed by atoms with Crippen LogP contribution in [0.15, 0.2) is 23.9 Å². The highest BCUT2D eigenvalue weighted by atomic mass is 16.3. The fraction of sp³-hybridized carbons (Fsp3) is 0.545. The number of dihydropyridines is 1. The Labute approximate surface area is 90.5 Å². The first-order chi connectivity index (χ1) is 7.31. The van der Waals surface area contributed by atoms with E-state index in [0.29, 0.717) is 5.57 Å². The van der Waals surface area contributed by atoms with Crippen molar-refractivity contribution < 1.29 is 5.11 Å². The van der Waals surface area contributed by atoms with Crippen molar-refractivity contribution in [2.45, 2.75) is 19.5 Å². The van der Waals surface area contributed by atoms with Crippen LogP contribution in [0.4, 0.5) is 0 Å². The lowest BCUT2D eigenvalue weighted by atomic mass is 10.2. The Kier molecular flexibility index (Phi) is 4.88. The minimum absolute atomic E-state index is 0.138. The molecule has 4 heteroatoms. The van der Waals surface area contributed by atoms with Gasteiger partial charge in [0.05, 0.1) is 11.7 Å². The zero-order chi connectivity index (χ0) is 11.1. The Morgan fingerprint density at radius 2 is 2.47 bits per heavy atom. The van der Waals surface area contributed by atoms with E-state index in [0.717, 1.165) is 19.5 Å². The van der Waals surface area contributed by atoms with Gasteiger partial charge in [-0.2, -0.15) is 5.26 Å². The highest BCUT2D eigenvalue weighted by molar-refractivity contribution is 5.35. The highest BCUT2D eigenvalue weighted by Gasteiger charge is 2.14. The highest BCUT2D eigenvalue weighted by Crippen LogP contribution is 2.07. The standard InChI is InChI=1S/C11H17N3O/c1-2-14(6-3-7-15)11-5-4-10(8-12)9-13-11/h4-5,9,11,13,15H,2-3,6-7H2,1H3. The molecule has 1 atom stereocenters. The third kappa shape index (κ3) is 3.39. The number of likely N-dealkylation sites (N-methyl/N-ethyl adjacent to an activating group) is 1. The van der Waals surface area contributed by atoms with Crippen LogP contribution in [0.3, 0.4) is 0 Å². The summed E-state index contributed by atoms with van der Waals surface area (Å²) in [5, 5.41) is 20.6. The molecule has 0 bridgehead atoms. The van der Waals surface area contributed by atoms with Crippen molar-refractivity contribution in [1.82, 2.24) is 10.2 Å². The monoisotopic (exact) mass is 207 g/mol. The molecule has 1 aliphatic heterocycles. The number of nitrogens with one attached hydrogen (secondary N) is 1. The summed E-state index contributed by atoms with van der Waals surface area (Å²) in [5.74, 6) is 0. The average molecular weight is 207 g/mol. The third-order valence-corrected chi connectivity index (χ3v) is 2.40. The maximum atomic E-state index is 8.77. The molecule has 0 radical (unpaired) electrons. The van der Waals surface area contributed by atoms with Gasteiger partial charge in [0.15, 0.2) is 0 Å². The molecule has 1 heterocycles. The van der Waals surface area contributed by atoms with Crippen LogP contribution in [0.25, 0.3) is 0 Å². The second-order valence-corrected chi connectivity index (χ2v) is 3.39. The third-order valence-electron chi connectivity index (χ3n) is 2.40. The predicted molar refractivity (Wildman–Crippen MR) is 58.7 cm³/mol. The summed E-state index contributed by atoms with van der Waals surface area (Å²) in [5.41, 5.74) is 0.643. The number of nitrogens with zero attached hydrogens (tertiary/aromatic N) is 2. The van der Waals surface area contributed by atoms with Gasteiger partial charge in [-0.05, 0) is 25.1 Å². The van der Waals surface area contributed by atoms with Gasteiger partial charge in [0.25, 0.3) is 0 Å². The van der Waals surface area contributed by atoms with Crippen LogP contribution in [0, 0.1) is 11.3 Å². The summed E-state index contributed by atoms with van der Waals surface area (Å²) in [6.07, 6.45) is 6.43. The molecule has 0 aromatic heterocycles. The van der Waals surface area contributed by atoms with Crippen LogP contribution in [0.5, 0.6) is 0 Å². The zero-order valence-corrected chi connectivity index (χ0v) is 8.98. The molecular formula is C11H17N3O. The van der Waals surface area contributed by atoms with Gasteiger partial charge in [0.2, 0.25) is 0 Å². The molecule has 1 aliphatic rings. The van der Waals surface area contributed by atoms with Crippen molar-refractivity contribution in [3.05, 3.63) is 23.9 Å². The van der Waals surface area contributed by atoms with Crippen LogP contribution in [0.2, 0.25) is 0 Å². The van der Waals surface area contributed by atoms with Gasteiger partial charge in [-0.3, -0.25) is 4.90 Å². The molecule has 82 valence electrons. The number of nitriles is 1. The number of aliphatic hydroxyl groups excluding tert-OH is 1. The van der Waals surface area contributed by atoms with Crippen LogP contribution < -0.4 is 5.32 Å². The molecule has 0 saturated carbocycles. The summed E-state index contributed by atoms with van der Waals surface area (Å²) in [6, 6.07) is 2.08. The summed E-state index contributed by atoms with van der Waals surface area (Å²) < 4.78 is 0. The summed E-state index contributed by atoms with van der Waals surface area (Å²) in [7, 11) is 0. The number of hydrogen-bond acceptors (Lipinski definition) is 4. The largest absolute Gasteiger partial charge is 0.396 e. The first-order valence-corrected chi connectivity index (χ1v) is 5.21. The van der Waals surface area contributed by atoms with E-state index in [1.165, 1.54) is 0 Å². The Hall–Kier alpha value is -1.31. The molecule has 2 N–H and O–H groups in total. The zero-order valence-electron chi connectivity index (χ0n) is 8.98. The molecule has 0 spiro atoms. The molecule has 0 aromatic carbocycles. The smallest absolute Gasteiger partial charge is 0.101 e. The predicted octanol–water partition coefficient (Wildman–Crippen LogP) is 0.584. The van der Waals surface area contributed by atoms with Crippen LogP contribution >= 0.6 is 0 Å². The molecule has 15 heavy (non-hydrogen) atoms. The lowest BCUT2D eigenvalue weighted by Gasteiger charge is -2.30. The molecule has 1 rings (SSSR count). The quantitative estimate of drug-likeness (QED) is 0.692. The normalized spacial score (nSPS) is 19.6.